The van der Waals surface area contributed by atoms with Gasteiger partial charge in [0.25, 0.3) is 5.56 Å². The molecule has 0 bridgehead atoms. The summed E-state index contributed by atoms with van der Waals surface area (Å²) in [7, 11) is 1.63. The molecule has 3 aromatic carbocycles. The molecule has 4 rings (SSSR count). The molecule has 5 nitrogen and oxygen atoms in total. The van der Waals surface area contributed by atoms with Gasteiger partial charge in [0.1, 0.15) is 5.75 Å². The van der Waals surface area contributed by atoms with Crippen molar-refractivity contribution < 1.29 is 4.74 Å². The van der Waals surface area contributed by atoms with Crippen molar-refractivity contribution in [2.45, 2.75) is 6.54 Å². The Hall–Kier alpha value is -2.58. The molecule has 0 unspecified atom stereocenters. The summed E-state index contributed by atoms with van der Waals surface area (Å²) in [4.78, 5) is 18.1. The van der Waals surface area contributed by atoms with E-state index < -0.39 is 0 Å². The molecule has 0 saturated carbocycles. The molecule has 0 atom stereocenters. The Labute approximate surface area is 186 Å². The summed E-state index contributed by atoms with van der Waals surface area (Å²) in [6, 6.07) is 20.6. The predicted octanol–water partition coefficient (Wildman–Crippen LogP) is 5.26. The first-order valence-corrected chi connectivity index (χ1v) is 10.4. The number of ether oxygens (including phenoxy) is 1. The molecular formula is C22H17ClIN3O2. The summed E-state index contributed by atoms with van der Waals surface area (Å²) in [6.07, 6.45) is 0. The SMILES string of the molecule is COc1ccc(CNc2nc3ccc(I)cc3c(=O)n2-c2ccccc2Cl)cc1. The summed E-state index contributed by atoms with van der Waals surface area (Å²) in [5.74, 6) is 1.23. The fourth-order valence-corrected chi connectivity index (χ4v) is 3.77. The smallest absolute Gasteiger partial charge is 0.267 e. The van der Waals surface area contributed by atoms with Crippen molar-refractivity contribution in [2.75, 3.05) is 12.4 Å². The second-order valence-corrected chi connectivity index (χ2v) is 8.04. The van der Waals surface area contributed by atoms with E-state index in [1.54, 1.807) is 13.2 Å². The highest BCUT2D eigenvalue weighted by Gasteiger charge is 2.15. The van der Waals surface area contributed by atoms with Gasteiger partial charge >= 0.3 is 0 Å². The third kappa shape index (κ3) is 4.09. The highest BCUT2D eigenvalue weighted by molar-refractivity contribution is 14.1. The van der Waals surface area contributed by atoms with Crippen molar-refractivity contribution in [3.63, 3.8) is 0 Å². The molecule has 146 valence electrons. The molecule has 0 amide bonds. The number of hydrogen-bond donors (Lipinski definition) is 1. The molecular weight excluding hydrogens is 501 g/mol. The van der Waals surface area contributed by atoms with Crippen LogP contribution in [0.1, 0.15) is 5.56 Å². The number of hydrogen-bond acceptors (Lipinski definition) is 4. The molecule has 29 heavy (non-hydrogen) atoms. The fourth-order valence-electron chi connectivity index (χ4n) is 3.06. The van der Waals surface area contributed by atoms with Gasteiger partial charge in [-0.25, -0.2) is 9.55 Å². The number of para-hydroxylation sites is 1. The van der Waals surface area contributed by atoms with Gasteiger partial charge in [0, 0.05) is 10.1 Å². The second-order valence-electron chi connectivity index (χ2n) is 6.39. The standard InChI is InChI=1S/C22H17ClIN3O2/c1-29-16-9-6-14(7-10-16)13-25-22-26-19-11-8-15(24)12-17(19)21(28)27(22)20-5-3-2-4-18(20)23/h2-12H,13H2,1H3,(H,25,26). The maximum Gasteiger partial charge on any atom is 0.267 e. The monoisotopic (exact) mass is 517 g/mol. The second kappa shape index (κ2) is 8.42. The molecule has 0 aliphatic rings. The molecule has 0 saturated heterocycles. The largest absolute Gasteiger partial charge is 0.497 e. The zero-order chi connectivity index (χ0) is 20.4. The Morgan fingerprint density at radius 2 is 1.86 bits per heavy atom. The molecule has 0 spiro atoms. The molecule has 7 heteroatoms. The Morgan fingerprint density at radius 3 is 2.59 bits per heavy atom. The number of halogens is 2. The third-order valence-corrected chi connectivity index (χ3v) is 5.52. The maximum atomic E-state index is 13.4. The van der Waals surface area contributed by atoms with Crippen LogP contribution in [0.5, 0.6) is 5.75 Å². The van der Waals surface area contributed by atoms with E-state index in [0.717, 1.165) is 14.9 Å². The highest BCUT2D eigenvalue weighted by Crippen LogP contribution is 2.24. The lowest BCUT2D eigenvalue weighted by Crippen LogP contribution is -2.24. The topological polar surface area (TPSA) is 56.1 Å². The number of nitrogens with zero attached hydrogens (tertiary/aromatic N) is 2. The van der Waals surface area contributed by atoms with Gasteiger partial charge in [-0.3, -0.25) is 4.79 Å². The van der Waals surface area contributed by atoms with E-state index in [-0.39, 0.29) is 5.56 Å². The number of fused-ring (bicyclic) bond motifs is 1. The van der Waals surface area contributed by atoms with Crippen LogP contribution in [0.4, 0.5) is 5.95 Å². The van der Waals surface area contributed by atoms with Gasteiger partial charge in [0.15, 0.2) is 0 Å². The first-order chi connectivity index (χ1) is 14.1. The molecule has 0 fully saturated rings. The fraction of sp³-hybridized carbons (Fsp3) is 0.0909. The van der Waals surface area contributed by atoms with Crippen LogP contribution in [0.3, 0.4) is 0 Å². The minimum Gasteiger partial charge on any atom is -0.497 e. The zero-order valence-electron chi connectivity index (χ0n) is 15.5. The van der Waals surface area contributed by atoms with Crippen LogP contribution in [-0.2, 0) is 6.54 Å². The van der Waals surface area contributed by atoms with E-state index in [9.17, 15) is 4.79 Å². The van der Waals surface area contributed by atoms with E-state index in [2.05, 4.69) is 27.9 Å². The number of anilines is 1. The van der Waals surface area contributed by atoms with Crippen LogP contribution in [-0.4, -0.2) is 16.7 Å². The van der Waals surface area contributed by atoms with E-state index in [1.807, 2.05) is 60.7 Å². The molecule has 1 heterocycles. The average molecular weight is 518 g/mol. The number of rotatable bonds is 5. The van der Waals surface area contributed by atoms with Crippen molar-refractivity contribution in [3.05, 3.63) is 91.2 Å². The van der Waals surface area contributed by atoms with Gasteiger partial charge < -0.3 is 10.1 Å². The lowest BCUT2D eigenvalue weighted by atomic mass is 10.2. The zero-order valence-corrected chi connectivity index (χ0v) is 18.4. The Bertz CT molecular complexity index is 1240. The average Bonchev–Trinajstić information content (AvgIpc) is 2.74. The number of aromatic nitrogens is 2. The Kier molecular flexibility index (Phi) is 5.73. The molecule has 1 N–H and O–H groups in total. The molecule has 0 radical (unpaired) electrons. The van der Waals surface area contributed by atoms with Gasteiger partial charge in [0.2, 0.25) is 5.95 Å². The van der Waals surface area contributed by atoms with Crippen molar-refractivity contribution in [2.24, 2.45) is 0 Å². The summed E-state index contributed by atoms with van der Waals surface area (Å²) >= 11 is 8.59. The van der Waals surface area contributed by atoms with Crippen LogP contribution < -0.4 is 15.6 Å². The van der Waals surface area contributed by atoms with Crippen LogP contribution in [0.25, 0.3) is 16.6 Å². The molecule has 0 aliphatic carbocycles. The van der Waals surface area contributed by atoms with E-state index in [4.69, 9.17) is 21.3 Å². The van der Waals surface area contributed by atoms with Gasteiger partial charge in [-0.15, -0.1) is 0 Å². The minimum absolute atomic E-state index is 0.168. The van der Waals surface area contributed by atoms with E-state index in [0.29, 0.717) is 34.1 Å². The maximum absolute atomic E-state index is 13.4. The van der Waals surface area contributed by atoms with Crippen LogP contribution in [0.2, 0.25) is 5.02 Å². The summed E-state index contributed by atoms with van der Waals surface area (Å²) < 4.78 is 7.71. The highest BCUT2D eigenvalue weighted by atomic mass is 127. The number of methoxy groups -OCH3 is 1. The van der Waals surface area contributed by atoms with Gasteiger partial charge in [-0.1, -0.05) is 35.9 Å². The van der Waals surface area contributed by atoms with Gasteiger partial charge in [-0.05, 0) is 70.6 Å². The number of benzene rings is 3. The lowest BCUT2D eigenvalue weighted by molar-refractivity contribution is 0.414. The Morgan fingerprint density at radius 1 is 1.10 bits per heavy atom. The first kappa shape index (κ1) is 19.7. The summed E-state index contributed by atoms with van der Waals surface area (Å²) in [5, 5.41) is 4.32. The van der Waals surface area contributed by atoms with Crippen molar-refractivity contribution >= 4 is 51.0 Å². The Balaban J connectivity index is 1.82. The van der Waals surface area contributed by atoms with Crippen LogP contribution in [0.15, 0.2) is 71.5 Å². The molecule has 0 aliphatic heterocycles. The van der Waals surface area contributed by atoms with Crippen molar-refractivity contribution in [3.8, 4) is 11.4 Å². The van der Waals surface area contributed by atoms with Gasteiger partial charge in [-0.2, -0.15) is 0 Å². The third-order valence-electron chi connectivity index (χ3n) is 4.53. The minimum atomic E-state index is -0.168. The number of nitrogens with one attached hydrogen (secondary N) is 1. The first-order valence-electron chi connectivity index (χ1n) is 8.91. The predicted molar refractivity (Wildman–Crippen MR) is 125 cm³/mol. The quantitative estimate of drug-likeness (QED) is 0.367. The summed E-state index contributed by atoms with van der Waals surface area (Å²) in [5.41, 5.74) is 2.09. The van der Waals surface area contributed by atoms with Crippen LogP contribution in [0, 0.1) is 3.57 Å². The van der Waals surface area contributed by atoms with Crippen molar-refractivity contribution in [1.82, 2.24) is 9.55 Å². The van der Waals surface area contributed by atoms with Gasteiger partial charge in [0.05, 0.1) is 28.7 Å². The molecule has 4 aromatic rings. The normalized spacial score (nSPS) is 10.9. The molecule has 1 aromatic heterocycles. The lowest BCUT2D eigenvalue weighted by Gasteiger charge is -2.16. The summed E-state index contributed by atoms with van der Waals surface area (Å²) in [6.45, 7) is 0.497. The van der Waals surface area contributed by atoms with E-state index >= 15 is 0 Å². The van der Waals surface area contributed by atoms with Crippen molar-refractivity contribution in [1.29, 1.82) is 0 Å². The van der Waals surface area contributed by atoms with Crippen LogP contribution >= 0.6 is 34.2 Å². The van der Waals surface area contributed by atoms with E-state index in [1.165, 1.54) is 4.57 Å².